The number of nitrogens with two attached hydrogens (primary N) is 1. The molecule has 1 unspecified atom stereocenters. The Morgan fingerprint density at radius 3 is 2.50 bits per heavy atom. The van der Waals surface area contributed by atoms with E-state index in [2.05, 4.69) is 5.32 Å². The molecule has 0 aliphatic carbocycles. The number of amidine groups is 1. The second kappa shape index (κ2) is 2.69. The molecule has 64 valence electrons. The molecule has 5 N–H and O–H groups in total. The molecule has 0 saturated carbocycles. The molecule has 0 aromatic carbocycles. The van der Waals surface area contributed by atoms with Crippen molar-refractivity contribution in [3.8, 4) is 0 Å². The first kappa shape index (κ1) is 8.32. The Labute approximate surface area is 69.1 Å². The minimum absolute atomic E-state index is 0.435. The van der Waals surface area contributed by atoms with Crippen molar-refractivity contribution < 1.29 is 9.90 Å². The Morgan fingerprint density at radius 2 is 2.25 bits per heavy atom. The molecule has 1 atom stereocenters. The lowest BCUT2D eigenvalue weighted by atomic mass is 9.96. The normalized spacial score (nSPS) is 26.3. The molecule has 0 saturated heterocycles. The summed E-state index contributed by atoms with van der Waals surface area (Å²) in [5.41, 5.74) is 3.60. The predicted octanol–water partition coefficient (Wildman–Crippen LogP) is -0.581. The zero-order valence-corrected chi connectivity index (χ0v) is 6.24. The summed E-state index contributed by atoms with van der Waals surface area (Å²) in [4.78, 5) is 10.7. The highest BCUT2D eigenvalue weighted by atomic mass is 16.4. The third-order valence-corrected chi connectivity index (χ3v) is 1.63. The number of nitrogens with one attached hydrogen (secondary N) is 2. The Hall–Kier alpha value is -1.78. The number of hydrogen-bond acceptors (Lipinski definition) is 3. The van der Waals surface area contributed by atoms with Gasteiger partial charge in [-0.2, -0.15) is 0 Å². The molecule has 0 spiro atoms. The summed E-state index contributed by atoms with van der Waals surface area (Å²) >= 11 is 0. The molecule has 1 aliphatic heterocycles. The van der Waals surface area contributed by atoms with Crippen molar-refractivity contribution in [2.75, 3.05) is 0 Å². The van der Waals surface area contributed by atoms with E-state index in [9.17, 15) is 4.79 Å². The lowest BCUT2D eigenvalue weighted by Crippen LogP contribution is -2.58. The van der Waals surface area contributed by atoms with Crippen molar-refractivity contribution >= 4 is 11.8 Å². The van der Waals surface area contributed by atoms with Crippen LogP contribution in [0.4, 0.5) is 0 Å². The second-order valence-corrected chi connectivity index (χ2v) is 2.39. The first-order valence-corrected chi connectivity index (χ1v) is 3.29. The zero-order chi connectivity index (χ0) is 9.19. The van der Waals surface area contributed by atoms with E-state index in [0.29, 0.717) is 0 Å². The van der Waals surface area contributed by atoms with Crippen LogP contribution in [0.5, 0.6) is 0 Å². The van der Waals surface area contributed by atoms with E-state index in [1.807, 2.05) is 0 Å². The average molecular weight is 167 g/mol. The molecule has 0 aromatic rings. The Morgan fingerprint density at radius 1 is 1.58 bits per heavy atom. The van der Waals surface area contributed by atoms with Gasteiger partial charge in [-0.25, -0.2) is 4.79 Å². The molecule has 0 fully saturated rings. The summed E-state index contributed by atoms with van der Waals surface area (Å²) in [6, 6.07) is 0. The topological polar surface area (TPSA) is 99.2 Å². The number of rotatable bonds is 2. The van der Waals surface area contributed by atoms with E-state index in [-0.39, 0.29) is 0 Å². The molecule has 0 bridgehead atoms. The molecule has 5 nitrogen and oxygen atoms in total. The lowest BCUT2D eigenvalue weighted by Gasteiger charge is -2.26. The summed E-state index contributed by atoms with van der Waals surface area (Å²) in [6.07, 6.45) is 5.93. The van der Waals surface area contributed by atoms with Gasteiger partial charge in [-0.15, -0.1) is 0 Å². The van der Waals surface area contributed by atoms with Crippen LogP contribution in [0.15, 0.2) is 24.4 Å². The van der Waals surface area contributed by atoms with Crippen molar-refractivity contribution in [2.24, 2.45) is 5.73 Å². The number of hydrogen-bond donors (Lipinski definition) is 4. The number of dihydropyridines is 1. The number of carboxylic acid groups (broad SMARTS) is 1. The van der Waals surface area contributed by atoms with Gasteiger partial charge in [0.1, 0.15) is 5.84 Å². The molecule has 5 heteroatoms. The summed E-state index contributed by atoms with van der Waals surface area (Å²) in [5.74, 6) is -1.62. The zero-order valence-electron chi connectivity index (χ0n) is 6.24. The van der Waals surface area contributed by atoms with Gasteiger partial charge in [0.2, 0.25) is 5.54 Å². The minimum atomic E-state index is -1.56. The summed E-state index contributed by atoms with van der Waals surface area (Å²) < 4.78 is 0. The van der Waals surface area contributed by atoms with E-state index in [1.54, 1.807) is 6.08 Å². The van der Waals surface area contributed by atoms with E-state index in [0.717, 1.165) is 0 Å². The second-order valence-electron chi connectivity index (χ2n) is 2.39. The van der Waals surface area contributed by atoms with Crippen LogP contribution >= 0.6 is 0 Å². The van der Waals surface area contributed by atoms with Crippen LogP contribution < -0.4 is 11.1 Å². The molecule has 1 aliphatic rings. The van der Waals surface area contributed by atoms with Crippen molar-refractivity contribution in [1.29, 1.82) is 5.41 Å². The highest BCUT2D eigenvalue weighted by Crippen LogP contribution is 2.10. The molecule has 0 radical (unpaired) electrons. The predicted molar refractivity (Wildman–Crippen MR) is 43.7 cm³/mol. The maximum Gasteiger partial charge on any atom is 0.341 e. The third kappa shape index (κ3) is 1.05. The standard InChI is InChI=1S/C7H9N3O2/c8-5(9)7(6(11)12)3-1-2-4-10-7/h1-4,10H,(H3,8,9)(H,11,12). The number of allylic oxidation sites excluding steroid dienone is 2. The fourth-order valence-electron chi connectivity index (χ4n) is 0.899. The molecular weight excluding hydrogens is 158 g/mol. The minimum Gasteiger partial charge on any atom is -0.479 e. The van der Waals surface area contributed by atoms with Crippen LogP contribution in [-0.2, 0) is 4.79 Å². The summed E-state index contributed by atoms with van der Waals surface area (Å²) in [5, 5.41) is 18.4. The monoisotopic (exact) mass is 167 g/mol. The molecule has 1 heterocycles. The first-order valence-electron chi connectivity index (χ1n) is 3.29. The van der Waals surface area contributed by atoms with Crippen LogP contribution in [0, 0.1) is 5.41 Å². The maximum atomic E-state index is 10.7. The van der Waals surface area contributed by atoms with E-state index in [4.69, 9.17) is 16.2 Å². The SMILES string of the molecule is N=C(N)C1(C(=O)O)C=CC=CN1. The van der Waals surface area contributed by atoms with Gasteiger partial charge < -0.3 is 16.2 Å². The molecule has 12 heavy (non-hydrogen) atoms. The van der Waals surface area contributed by atoms with Gasteiger partial charge in [-0.3, -0.25) is 5.41 Å². The molecular formula is C7H9N3O2. The fraction of sp³-hybridized carbons (Fsp3) is 0.143. The highest BCUT2D eigenvalue weighted by molar-refractivity contribution is 6.10. The Balaban J connectivity index is 3.04. The molecule has 0 aromatic heterocycles. The summed E-state index contributed by atoms with van der Waals surface area (Å²) in [7, 11) is 0. The van der Waals surface area contributed by atoms with Crippen molar-refractivity contribution in [3.05, 3.63) is 24.4 Å². The Bertz CT molecular complexity index is 266. The van der Waals surface area contributed by atoms with Gasteiger partial charge in [0.15, 0.2) is 0 Å². The van der Waals surface area contributed by atoms with Gasteiger partial charge in [0.05, 0.1) is 0 Å². The number of carbonyl (C=O) groups is 1. The van der Waals surface area contributed by atoms with Crippen LogP contribution in [0.25, 0.3) is 0 Å². The largest absolute Gasteiger partial charge is 0.479 e. The van der Waals surface area contributed by atoms with E-state index in [1.165, 1.54) is 18.4 Å². The van der Waals surface area contributed by atoms with Gasteiger partial charge in [0.25, 0.3) is 0 Å². The fourth-order valence-corrected chi connectivity index (χ4v) is 0.899. The lowest BCUT2D eigenvalue weighted by molar-refractivity contribution is -0.139. The van der Waals surface area contributed by atoms with Gasteiger partial charge in [-0.05, 0) is 18.4 Å². The highest BCUT2D eigenvalue weighted by Gasteiger charge is 2.39. The van der Waals surface area contributed by atoms with Gasteiger partial charge in [-0.1, -0.05) is 6.08 Å². The molecule has 0 amide bonds. The van der Waals surface area contributed by atoms with Gasteiger partial charge in [0, 0.05) is 0 Å². The number of carboxylic acids is 1. The average Bonchev–Trinajstić information content (AvgIpc) is 2.05. The maximum absolute atomic E-state index is 10.7. The van der Waals surface area contributed by atoms with Crippen molar-refractivity contribution in [3.63, 3.8) is 0 Å². The van der Waals surface area contributed by atoms with Crippen molar-refractivity contribution in [2.45, 2.75) is 5.54 Å². The third-order valence-electron chi connectivity index (χ3n) is 1.63. The van der Waals surface area contributed by atoms with E-state index >= 15 is 0 Å². The van der Waals surface area contributed by atoms with Crippen molar-refractivity contribution in [1.82, 2.24) is 5.32 Å². The summed E-state index contributed by atoms with van der Waals surface area (Å²) in [6.45, 7) is 0. The van der Waals surface area contributed by atoms with Crippen LogP contribution in [0.1, 0.15) is 0 Å². The number of aliphatic carboxylic acids is 1. The van der Waals surface area contributed by atoms with E-state index < -0.39 is 17.3 Å². The van der Waals surface area contributed by atoms with Crippen LogP contribution in [-0.4, -0.2) is 22.5 Å². The molecule has 1 rings (SSSR count). The first-order chi connectivity index (χ1) is 5.59. The smallest absolute Gasteiger partial charge is 0.341 e. The van der Waals surface area contributed by atoms with Crippen LogP contribution in [0.2, 0.25) is 0 Å². The van der Waals surface area contributed by atoms with Crippen LogP contribution in [0.3, 0.4) is 0 Å². The quantitative estimate of drug-likeness (QED) is 0.326. The van der Waals surface area contributed by atoms with Gasteiger partial charge >= 0.3 is 5.97 Å². The Kier molecular flexibility index (Phi) is 1.86.